The van der Waals surface area contributed by atoms with Crippen LogP contribution in [0, 0.1) is 0 Å². The first-order chi connectivity index (χ1) is 13.6. The molecule has 0 spiro atoms. The standard InChI is InChI=1S/C24H35NO3/c1-5-8-12-17-24(4,28-7-3)23(26)25-21-15-16-22(27-18-9-6-2)20-14-11-10-13-19(20)21/h10-11,13-16H,5-9,12,17-18H2,1-4H3,(H,25,26)/t24-/m0/s1. The van der Waals surface area contributed by atoms with Crippen molar-refractivity contribution in [1.29, 1.82) is 0 Å². The molecule has 0 aromatic heterocycles. The van der Waals surface area contributed by atoms with Gasteiger partial charge in [-0.2, -0.15) is 0 Å². The van der Waals surface area contributed by atoms with Gasteiger partial charge in [0.05, 0.1) is 6.61 Å². The van der Waals surface area contributed by atoms with Gasteiger partial charge in [-0.25, -0.2) is 0 Å². The van der Waals surface area contributed by atoms with E-state index in [2.05, 4.69) is 19.2 Å². The predicted molar refractivity (Wildman–Crippen MR) is 117 cm³/mol. The fraction of sp³-hybridized carbons (Fsp3) is 0.542. The molecule has 154 valence electrons. The van der Waals surface area contributed by atoms with Crippen molar-refractivity contribution in [3.8, 4) is 5.75 Å². The summed E-state index contributed by atoms with van der Waals surface area (Å²) >= 11 is 0. The molecule has 2 aromatic rings. The molecule has 0 saturated carbocycles. The van der Waals surface area contributed by atoms with Gasteiger partial charge in [0.2, 0.25) is 0 Å². The smallest absolute Gasteiger partial charge is 0.256 e. The van der Waals surface area contributed by atoms with Gasteiger partial charge >= 0.3 is 0 Å². The molecule has 28 heavy (non-hydrogen) atoms. The summed E-state index contributed by atoms with van der Waals surface area (Å²) in [5.74, 6) is 0.771. The molecule has 0 aliphatic rings. The summed E-state index contributed by atoms with van der Waals surface area (Å²) in [4.78, 5) is 13.1. The molecular weight excluding hydrogens is 350 g/mol. The molecule has 1 amide bonds. The summed E-state index contributed by atoms with van der Waals surface area (Å²) in [6, 6.07) is 11.9. The first-order valence-electron chi connectivity index (χ1n) is 10.7. The molecular formula is C24H35NO3. The second kappa shape index (κ2) is 11.1. The number of nitrogens with one attached hydrogen (secondary N) is 1. The van der Waals surface area contributed by atoms with E-state index in [9.17, 15) is 4.79 Å². The molecule has 0 radical (unpaired) electrons. The molecule has 1 N–H and O–H groups in total. The van der Waals surface area contributed by atoms with Crippen molar-refractivity contribution < 1.29 is 14.3 Å². The highest BCUT2D eigenvalue weighted by atomic mass is 16.5. The minimum atomic E-state index is -0.818. The number of carbonyl (C=O) groups excluding carboxylic acids is 1. The first-order valence-corrected chi connectivity index (χ1v) is 10.7. The minimum Gasteiger partial charge on any atom is -0.493 e. The van der Waals surface area contributed by atoms with Crippen LogP contribution in [0.5, 0.6) is 5.75 Å². The lowest BCUT2D eigenvalue weighted by atomic mass is 9.96. The van der Waals surface area contributed by atoms with Crippen molar-refractivity contribution in [2.75, 3.05) is 18.5 Å². The number of hydrogen-bond acceptors (Lipinski definition) is 3. The van der Waals surface area contributed by atoms with Crippen molar-refractivity contribution in [2.45, 2.75) is 71.8 Å². The second-order valence-corrected chi connectivity index (χ2v) is 7.43. The Morgan fingerprint density at radius 2 is 1.68 bits per heavy atom. The number of carbonyl (C=O) groups is 1. The third-order valence-corrected chi connectivity index (χ3v) is 5.09. The van der Waals surface area contributed by atoms with E-state index < -0.39 is 5.60 Å². The molecule has 0 fully saturated rings. The molecule has 0 heterocycles. The normalized spacial score (nSPS) is 13.3. The summed E-state index contributed by atoms with van der Waals surface area (Å²) < 4.78 is 11.8. The van der Waals surface area contributed by atoms with Gasteiger partial charge in [0.1, 0.15) is 11.4 Å². The number of anilines is 1. The van der Waals surface area contributed by atoms with Crippen LogP contribution in [0.4, 0.5) is 5.69 Å². The predicted octanol–water partition coefficient (Wildman–Crippen LogP) is 6.33. The number of unbranched alkanes of at least 4 members (excludes halogenated alkanes) is 3. The van der Waals surface area contributed by atoms with Crippen LogP contribution in [0.15, 0.2) is 36.4 Å². The number of hydrogen-bond donors (Lipinski definition) is 1. The topological polar surface area (TPSA) is 47.6 Å². The van der Waals surface area contributed by atoms with Crippen LogP contribution in [-0.4, -0.2) is 24.7 Å². The Hall–Kier alpha value is -2.07. The van der Waals surface area contributed by atoms with E-state index in [1.807, 2.05) is 50.2 Å². The van der Waals surface area contributed by atoms with E-state index >= 15 is 0 Å². The molecule has 0 aliphatic heterocycles. The van der Waals surface area contributed by atoms with Crippen LogP contribution >= 0.6 is 0 Å². The molecule has 0 aliphatic carbocycles. The second-order valence-electron chi connectivity index (χ2n) is 7.43. The summed E-state index contributed by atoms with van der Waals surface area (Å²) in [5, 5.41) is 5.11. The number of rotatable bonds is 12. The fourth-order valence-corrected chi connectivity index (χ4v) is 3.37. The van der Waals surface area contributed by atoms with Crippen molar-refractivity contribution in [2.24, 2.45) is 0 Å². The Balaban J connectivity index is 2.24. The average molecular weight is 386 g/mol. The van der Waals surface area contributed by atoms with Crippen molar-refractivity contribution in [3.05, 3.63) is 36.4 Å². The lowest BCUT2D eigenvalue weighted by molar-refractivity contribution is -0.139. The van der Waals surface area contributed by atoms with Crippen molar-refractivity contribution >= 4 is 22.4 Å². The Labute approximate surface area is 169 Å². The monoisotopic (exact) mass is 385 g/mol. The number of amides is 1. The Morgan fingerprint density at radius 3 is 2.36 bits per heavy atom. The molecule has 2 rings (SSSR count). The lowest BCUT2D eigenvalue weighted by Gasteiger charge is -2.28. The SMILES string of the molecule is CCCCC[C@](C)(OCC)C(=O)Nc1ccc(OCCCC)c2ccccc12. The first kappa shape index (κ1) is 22.2. The zero-order valence-electron chi connectivity index (χ0n) is 17.8. The van der Waals surface area contributed by atoms with Crippen LogP contribution < -0.4 is 10.1 Å². The van der Waals surface area contributed by atoms with E-state index in [1.54, 1.807) is 0 Å². The Morgan fingerprint density at radius 1 is 0.964 bits per heavy atom. The van der Waals surface area contributed by atoms with Gasteiger partial charge in [-0.1, -0.05) is 63.8 Å². The van der Waals surface area contributed by atoms with Crippen LogP contribution in [0.25, 0.3) is 10.8 Å². The quantitative estimate of drug-likeness (QED) is 0.434. The van der Waals surface area contributed by atoms with Gasteiger partial charge in [-0.15, -0.1) is 0 Å². The number of benzene rings is 2. The van der Waals surface area contributed by atoms with Crippen molar-refractivity contribution in [3.63, 3.8) is 0 Å². The van der Waals surface area contributed by atoms with Crippen LogP contribution in [-0.2, 0) is 9.53 Å². The summed E-state index contributed by atoms with van der Waals surface area (Å²) in [5.41, 5.74) is -0.0220. The molecule has 4 nitrogen and oxygen atoms in total. The number of fused-ring (bicyclic) bond motifs is 1. The van der Waals surface area contributed by atoms with Gasteiger partial charge in [0.15, 0.2) is 0 Å². The fourth-order valence-electron chi connectivity index (χ4n) is 3.37. The Kier molecular flexibility index (Phi) is 8.78. The molecule has 0 bridgehead atoms. The summed E-state index contributed by atoms with van der Waals surface area (Å²) in [7, 11) is 0. The lowest BCUT2D eigenvalue weighted by Crippen LogP contribution is -2.42. The zero-order chi connectivity index (χ0) is 20.4. The largest absolute Gasteiger partial charge is 0.493 e. The maximum absolute atomic E-state index is 13.1. The van der Waals surface area contributed by atoms with E-state index in [0.29, 0.717) is 13.2 Å². The third kappa shape index (κ3) is 5.71. The highest BCUT2D eigenvalue weighted by Gasteiger charge is 2.33. The molecule has 1 atom stereocenters. The van der Waals surface area contributed by atoms with E-state index in [-0.39, 0.29) is 5.91 Å². The summed E-state index contributed by atoms with van der Waals surface area (Å²) in [6.45, 7) is 9.35. The van der Waals surface area contributed by atoms with E-state index in [4.69, 9.17) is 9.47 Å². The van der Waals surface area contributed by atoms with Gasteiger partial charge in [0.25, 0.3) is 5.91 Å². The van der Waals surface area contributed by atoms with Gasteiger partial charge < -0.3 is 14.8 Å². The highest BCUT2D eigenvalue weighted by molar-refractivity contribution is 6.06. The van der Waals surface area contributed by atoms with Crippen molar-refractivity contribution in [1.82, 2.24) is 0 Å². The van der Waals surface area contributed by atoms with Crippen LogP contribution in [0.3, 0.4) is 0 Å². The molecule has 2 aromatic carbocycles. The Bertz CT molecular complexity index is 759. The zero-order valence-corrected chi connectivity index (χ0v) is 17.8. The molecule has 0 saturated heterocycles. The minimum absolute atomic E-state index is 0.0877. The van der Waals surface area contributed by atoms with E-state index in [0.717, 1.165) is 60.7 Å². The highest BCUT2D eigenvalue weighted by Crippen LogP contribution is 2.33. The molecule has 4 heteroatoms. The van der Waals surface area contributed by atoms with Gasteiger partial charge in [0, 0.05) is 23.1 Å². The van der Waals surface area contributed by atoms with Gasteiger partial charge in [-0.05, 0) is 38.8 Å². The van der Waals surface area contributed by atoms with Gasteiger partial charge in [-0.3, -0.25) is 4.79 Å². The average Bonchev–Trinajstić information content (AvgIpc) is 2.70. The molecule has 0 unspecified atom stereocenters. The maximum atomic E-state index is 13.1. The van der Waals surface area contributed by atoms with Crippen LogP contribution in [0.1, 0.15) is 66.2 Å². The van der Waals surface area contributed by atoms with E-state index in [1.165, 1.54) is 0 Å². The summed E-state index contributed by atoms with van der Waals surface area (Å²) in [6.07, 6.45) is 6.04. The number of ether oxygens (including phenoxy) is 2. The van der Waals surface area contributed by atoms with Crippen LogP contribution in [0.2, 0.25) is 0 Å². The maximum Gasteiger partial charge on any atom is 0.256 e. The third-order valence-electron chi connectivity index (χ3n) is 5.09.